The highest BCUT2D eigenvalue weighted by atomic mass is 16.6. The molecule has 0 amide bonds. The molecular formula is C32H41NO3. The van der Waals surface area contributed by atoms with Gasteiger partial charge in [0.15, 0.2) is 0 Å². The number of aryl methyl sites for hydroxylation is 1. The molecule has 2 aromatic carbocycles. The maximum Gasteiger partial charge on any atom is 0.306 e. The lowest BCUT2D eigenvalue weighted by Crippen LogP contribution is -2.21. The smallest absolute Gasteiger partial charge is 0.306 e. The summed E-state index contributed by atoms with van der Waals surface area (Å²) in [6.07, 6.45) is 11.7. The monoisotopic (exact) mass is 487 g/mol. The third-order valence-electron chi connectivity index (χ3n) is 6.31. The lowest BCUT2D eigenvalue weighted by atomic mass is 10.0. The van der Waals surface area contributed by atoms with Crippen molar-refractivity contribution in [2.45, 2.75) is 84.7 Å². The molecule has 0 aliphatic heterocycles. The summed E-state index contributed by atoms with van der Waals surface area (Å²) >= 11 is 0. The van der Waals surface area contributed by atoms with Crippen LogP contribution in [0.4, 0.5) is 0 Å². The molecule has 0 radical (unpaired) electrons. The molecule has 0 spiro atoms. The summed E-state index contributed by atoms with van der Waals surface area (Å²) in [5.41, 5.74) is 5.71. The van der Waals surface area contributed by atoms with Crippen molar-refractivity contribution >= 4 is 5.97 Å². The van der Waals surface area contributed by atoms with Crippen molar-refractivity contribution in [2.24, 2.45) is 0 Å². The van der Waals surface area contributed by atoms with E-state index in [-0.39, 0.29) is 12.1 Å². The molecule has 4 heteroatoms. The van der Waals surface area contributed by atoms with Gasteiger partial charge in [-0.2, -0.15) is 0 Å². The van der Waals surface area contributed by atoms with E-state index in [2.05, 4.69) is 62.4 Å². The van der Waals surface area contributed by atoms with E-state index in [1.54, 1.807) is 0 Å². The van der Waals surface area contributed by atoms with Crippen molar-refractivity contribution in [3.8, 4) is 28.1 Å². The van der Waals surface area contributed by atoms with E-state index in [0.717, 1.165) is 47.4 Å². The highest BCUT2D eigenvalue weighted by Gasteiger charge is 2.10. The average Bonchev–Trinajstić information content (AvgIpc) is 2.91. The summed E-state index contributed by atoms with van der Waals surface area (Å²) in [5.74, 6) is 0.608. The zero-order chi connectivity index (χ0) is 25.6. The number of hydrogen-bond donors (Lipinski definition) is 0. The minimum Gasteiger partial charge on any atom is -0.490 e. The number of pyridine rings is 1. The van der Waals surface area contributed by atoms with Crippen LogP contribution >= 0.6 is 0 Å². The largest absolute Gasteiger partial charge is 0.490 e. The predicted octanol–water partition coefficient (Wildman–Crippen LogP) is 8.43. The molecule has 1 atom stereocenters. The van der Waals surface area contributed by atoms with Crippen LogP contribution in [0.5, 0.6) is 5.75 Å². The number of nitrogens with zero attached hydrogens (tertiary/aromatic N) is 1. The first-order chi connectivity index (χ1) is 17.6. The fraction of sp³-hybridized carbons (Fsp3) is 0.438. The third-order valence-corrected chi connectivity index (χ3v) is 6.31. The van der Waals surface area contributed by atoms with Gasteiger partial charge in [0.2, 0.25) is 0 Å². The number of esters is 1. The van der Waals surface area contributed by atoms with E-state index < -0.39 is 0 Å². The fourth-order valence-corrected chi connectivity index (χ4v) is 4.10. The van der Waals surface area contributed by atoms with Gasteiger partial charge in [0.1, 0.15) is 18.5 Å². The minimum atomic E-state index is -0.268. The van der Waals surface area contributed by atoms with Gasteiger partial charge in [0.25, 0.3) is 0 Å². The Morgan fingerprint density at radius 1 is 0.778 bits per heavy atom. The van der Waals surface area contributed by atoms with Gasteiger partial charge < -0.3 is 9.47 Å². The summed E-state index contributed by atoms with van der Waals surface area (Å²) in [5, 5.41) is 0. The lowest BCUT2D eigenvalue weighted by molar-refractivity contribution is -0.149. The molecule has 36 heavy (non-hydrogen) atoms. The SMILES string of the molecule is CCCCCCCc1ccc(-c2ccc(-c3ccc(OC[C@@H](C)OC(=O)CCCC)cc3)cc2)nc1. The van der Waals surface area contributed by atoms with E-state index in [4.69, 9.17) is 14.5 Å². The number of hydrogen-bond acceptors (Lipinski definition) is 4. The Labute approximate surface area is 217 Å². The van der Waals surface area contributed by atoms with Crippen molar-refractivity contribution in [3.05, 3.63) is 72.4 Å². The second-order valence-electron chi connectivity index (χ2n) is 9.53. The molecule has 0 fully saturated rings. The van der Waals surface area contributed by atoms with Crippen LogP contribution in [0.1, 0.15) is 77.7 Å². The maximum absolute atomic E-state index is 11.7. The molecule has 0 aliphatic carbocycles. The Balaban J connectivity index is 1.49. The highest BCUT2D eigenvalue weighted by molar-refractivity contribution is 5.70. The van der Waals surface area contributed by atoms with Crippen LogP contribution in [-0.2, 0) is 16.0 Å². The predicted molar refractivity (Wildman–Crippen MR) is 148 cm³/mol. The summed E-state index contributed by atoms with van der Waals surface area (Å²) < 4.78 is 11.2. The van der Waals surface area contributed by atoms with Crippen LogP contribution in [0.15, 0.2) is 66.9 Å². The lowest BCUT2D eigenvalue weighted by Gasteiger charge is -2.14. The first-order valence-corrected chi connectivity index (χ1v) is 13.6. The van der Waals surface area contributed by atoms with Gasteiger partial charge in [-0.15, -0.1) is 0 Å². The molecule has 1 aromatic heterocycles. The molecule has 0 bridgehead atoms. The van der Waals surface area contributed by atoms with Crippen LogP contribution in [0.3, 0.4) is 0 Å². The zero-order valence-electron chi connectivity index (χ0n) is 22.2. The molecular weight excluding hydrogens is 446 g/mol. The van der Waals surface area contributed by atoms with Crippen LogP contribution in [-0.4, -0.2) is 23.7 Å². The van der Waals surface area contributed by atoms with Gasteiger partial charge in [-0.1, -0.05) is 88.4 Å². The Bertz CT molecular complexity index is 1030. The Morgan fingerprint density at radius 3 is 2.06 bits per heavy atom. The van der Waals surface area contributed by atoms with Crippen LogP contribution in [0.2, 0.25) is 0 Å². The molecule has 3 rings (SSSR count). The number of aromatic nitrogens is 1. The van der Waals surface area contributed by atoms with Crippen LogP contribution in [0, 0.1) is 0 Å². The van der Waals surface area contributed by atoms with E-state index in [0.29, 0.717) is 13.0 Å². The summed E-state index contributed by atoms with van der Waals surface area (Å²) in [6.45, 7) is 6.51. The van der Waals surface area contributed by atoms with Crippen LogP contribution < -0.4 is 4.74 Å². The van der Waals surface area contributed by atoms with Gasteiger partial charge in [-0.25, -0.2) is 0 Å². The topological polar surface area (TPSA) is 48.4 Å². The molecule has 1 heterocycles. The van der Waals surface area contributed by atoms with Crippen LogP contribution in [0.25, 0.3) is 22.4 Å². The molecule has 0 saturated heterocycles. The Morgan fingerprint density at radius 2 is 1.42 bits per heavy atom. The fourth-order valence-electron chi connectivity index (χ4n) is 4.10. The number of ether oxygens (including phenoxy) is 2. The molecule has 0 unspecified atom stereocenters. The molecule has 4 nitrogen and oxygen atoms in total. The minimum absolute atomic E-state index is 0.157. The second kappa shape index (κ2) is 15.1. The quantitative estimate of drug-likeness (QED) is 0.159. The third kappa shape index (κ3) is 9.14. The van der Waals surface area contributed by atoms with Crippen molar-refractivity contribution in [3.63, 3.8) is 0 Å². The molecule has 0 aliphatic rings. The van der Waals surface area contributed by atoms with Crippen molar-refractivity contribution in [1.29, 1.82) is 0 Å². The molecule has 192 valence electrons. The highest BCUT2D eigenvalue weighted by Crippen LogP contribution is 2.26. The zero-order valence-corrected chi connectivity index (χ0v) is 22.2. The van der Waals surface area contributed by atoms with Gasteiger partial charge in [-0.05, 0) is 61.1 Å². The molecule has 0 N–H and O–H groups in total. The normalized spacial score (nSPS) is 11.8. The van der Waals surface area contributed by atoms with Gasteiger partial charge in [0, 0.05) is 18.2 Å². The van der Waals surface area contributed by atoms with E-state index in [1.165, 1.54) is 37.7 Å². The van der Waals surface area contributed by atoms with Crippen molar-refractivity contribution < 1.29 is 14.3 Å². The van der Waals surface area contributed by atoms with Crippen molar-refractivity contribution in [2.75, 3.05) is 6.61 Å². The van der Waals surface area contributed by atoms with Crippen molar-refractivity contribution in [1.82, 2.24) is 4.98 Å². The Hall–Kier alpha value is -3.14. The van der Waals surface area contributed by atoms with Gasteiger partial charge in [0.05, 0.1) is 5.69 Å². The second-order valence-corrected chi connectivity index (χ2v) is 9.53. The average molecular weight is 488 g/mol. The first-order valence-electron chi connectivity index (χ1n) is 13.6. The summed E-state index contributed by atoms with van der Waals surface area (Å²) in [7, 11) is 0. The van der Waals surface area contributed by atoms with E-state index in [9.17, 15) is 4.79 Å². The number of carbonyl (C=O) groups excluding carboxylic acids is 1. The Kier molecular flexibility index (Phi) is 11.5. The standard InChI is InChI=1S/C32H41NO3/c1-4-6-8-9-10-11-26-13-22-31(33-23-26)29-16-14-27(15-17-29)28-18-20-30(21-19-28)35-24-25(3)36-32(34)12-7-5-2/h13-23,25H,4-12,24H2,1-3H3/t25-/m1/s1. The first kappa shape index (κ1) is 27.4. The number of carbonyl (C=O) groups is 1. The number of benzene rings is 2. The molecule has 0 saturated carbocycles. The molecule has 3 aromatic rings. The van der Waals surface area contributed by atoms with Gasteiger partial charge in [-0.3, -0.25) is 9.78 Å². The van der Waals surface area contributed by atoms with E-state index in [1.807, 2.05) is 25.3 Å². The summed E-state index contributed by atoms with van der Waals surface area (Å²) in [4.78, 5) is 16.4. The number of rotatable bonds is 15. The maximum atomic E-state index is 11.7. The summed E-state index contributed by atoms with van der Waals surface area (Å²) in [6, 6.07) is 20.9. The number of unbranched alkanes of at least 4 members (excludes halogenated alkanes) is 5. The van der Waals surface area contributed by atoms with E-state index >= 15 is 0 Å². The van der Waals surface area contributed by atoms with Gasteiger partial charge >= 0.3 is 5.97 Å².